The van der Waals surface area contributed by atoms with Crippen LogP contribution < -0.4 is 5.32 Å². The van der Waals surface area contributed by atoms with E-state index < -0.39 is 0 Å². The maximum absolute atomic E-state index is 3.40. The van der Waals surface area contributed by atoms with E-state index in [9.17, 15) is 0 Å². The molecule has 14 heavy (non-hydrogen) atoms. The smallest absolute Gasteiger partial charge is 0.0480 e. The minimum atomic E-state index is 1.07. The van der Waals surface area contributed by atoms with E-state index in [4.69, 9.17) is 0 Å². The number of unbranched alkanes of at least 4 members (excludes halogenated alkanes) is 3. The summed E-state index contributed by atoms with van der Waals surface area (Å²) in [6.45, 7) is 11.3. The van der Waals surface area contributed by atoms with Crippen LogP contribution in [0.3, 0.4) is 0 Å². The van der Waals surface area contributed by atoms with Crippen LogP contribution in [0.4, 0.5) is 0 Å². The van der Waals surface area contributed by atoms with Gasteiger partial charge in [-0.1, -0.05) is 40.0 Å². The van der Waals surface area contributed by atoms with Crippen LogP contribution in [0.5, 0.6) is 0 Å². The summed E-state index contributed by atoms with van der Waals surface area (Å²) in [5, 5.41) is 3.40. The zero-order chi connectivity index (χ0) is 10.6. The van der Waals surface area contributed by atoms with Gasteiger partial charge in [-0.05, 0) is 32.5 Å². The zero-order valence-corrected chi connectivity index (χ0v) is 10.3. The molecule has 0 atom stereocenters. The molecular formula is C12H28N2. The van der Waals surface area contributed by atoms with Crippen molar-refractivity contribution in [3.63, 3.8) is 0 Å². The van der Waals surface area contributed by atoms with Gasteiger partial charge in [0.15, 0.2) is 0 Å². The quantitative estimate of drug-likeness (QED) is 0.431. The Bertz CT molecular complexity index is 104. The van der Waals surface area contributed by atoms with E-state index >= 15 is 0 Å². The van der Waals surface area contributed by atoms with E-state index in [-0.39, 0.29) is 0 Å². The first-order chi connectivity index (χ1) is 6.85. The molecule has 0 amide bonds. The van der Waals surface area contributed by atoms with Gasteiger partial charge < -0.3 is 5.32 Å². The SMILES string of the molecule is CCCCCCN(CCC)CNCC. The molecule has 0 aromatic carbocycles. The highest BCUT2D eigenvalue weighted by molar-refractivity contribution is 4.55. The van der Waals surface area contributed by atoms with E-state index in [1.807, 2.05) is 0 Å². The van der Waals surface area contributed by atoms with E-state index in [1.54, 1.807) is 0 Å². The second-order valence-electron chi connectivity index (χ2n) is 3.94. The Morgan fingerprint density at radius 2 is 1.64 bits per heavy atom. The van der Waals surface area contributed by atoms with Crippen molar-refractivity contribution < 1.29 is 0 Å². The maximum Gasteiger partial charge on any atom is 0.0480 e. The van der Waals surface area contributed by atoms with Crippen molar-refractivity contribution in [2.24, 2.45) is 0 Å². The number of nitrogens with zero attached hydrogens (tertiary/aromatic N) is 1. The summed E-state index contributed by atoms with van der Waals surface area (Å²) >= 11 is 0. The van der Waals surface area contributed by atoms with Crippen LogP contribution >= 0.6 is 0 Å². The summed E-state index contributed by atoms with van der Waals surface area (Å²) in [6.07, 6.45) is 6.74. The minimum Gasteiger partial charge on any atom is -0.305 e. The standard InChI is InChI=1S/C12H28N2/c1-4-7-8-9-11-14(10-5-2)12-13-6-3/h13H,4-12H2,1-3H3. The minimum absolute atomic E-state index is 1.07. The number of hydrogen-bond acceptors (Lipinski definition) is 2. The highest BCUT2D eigenvalue weighted by atomic mass is 15.2. The third kappa shape index (κ3) is 8.52. The molecule has 2 heteroatoms. The van der Waals surface area contributed by atoms with E-state index in [0.29, 0.717) is 0 Å². The third-order valence-corrected chi connectivity index (χ3v) is 2.45. The topological polar surface area (TPSA) is 15.3 Å². The molecule has 86 valence electrons. The van der Waals surface area contributed by atoms with E-state index in [2.05, 4.69) is 31.0 Å². The summed E-state index contributed by atoms with van der Waals surface area (Å²) in [5.41, 5.74) is 0. The molecule has 0 fully saturated rings. The molecule has 0 radical (unpaired) electrons. The monoisotopic (exact) mass is 200 g/mol. The van der Waals surface area contributed by atoms with Gasteiger partial charge in [0.1, 0.15) is 0 Å². The lowest BCUT2D eigenvalue weighted by Crippen LogP contribution is -2.35. The Hall–Kier alpha value is -0.0800. The molecule has 0 saturated heterocycles. The molecule has 0 spiro atoms. The second-order valence-corrected chi connectivity index (χ2v) is 3.94. The van der Waals surface area contributed by atoms with Gasteiger partial charge >= 0.3 is 0 Å². The molecule has 0 saturated carbocycles. The first-order valence-electron chi connectivity index (χ1n) is 6.28. The lowest BCUT2D eigenvalue weighted by Gasteiger charge is -2.21. The van der Waals surface area contributed by atoms with Gasteiger partial charge in [0.2, 0.25) is 0 Å². The largest absolute Gasteiger partial charge is 0.305 e. The van der Waals surface area contributed by atoms with Gasteiger partial charge in [0, 0.05) is 6.67 Å². The van der Waals surface area contributed by atoms with Crippen molar-refractivity contribution in [3.8, 4) is 0 Å². The van der Waals surface area contributed by atoms with Gasteiger partial charge in [0.25, 0.3) is 0 Å². The van der Waals surface area contributed by atoms with Crippen molar-refractivity contribution in [1.82, 2.24) is 10.2 Å². The first-order valence-corrected chi connectivity index (χ1v) is 6.28. The predicted molar refractivity (Wildman–Crippen MR) is 64.5 cm³/mol. The van der Waals surface area contributed by atoms with Gasteiger partial charge in [0.05, 0.1) is 0 Å². The second kappa shape index (κ2) is 11.0. The molecule has 1 N–H and O–H groups in total. The predicted octanol–water partition coefficient (Wildman–Crippen LogP) is 2.85. The summed E-state index contributed by atoms with van der Waals surface area (Å²) in [5.74, 6) is 0. The molecule has 0 aliphatic rings. The fraction of sp³-hybridized carbons (Fsp3) is 1.00. The van der Waals surface area contributed by atoms with Crippen molar-refractivity contribution in [3.05, 3.63) is 0 Å². The Kier molecular flexibility index (Phi) is 10.9. The van der Waals surface area contributed by atoms with Crippen LogP contribution in [0.15, 0.2) is 0 Å². The van der Waals surface area contributed by atoms with Gasteiger partial charge in [-0.25, -0.2) is 0 Å². The van der Waals surface area contributed by atoms with E-state index in [1.165, 1.54) is 45.2 Å². The third-order valence-electron chi connectivity index (χ3n) is 2.45. The number of hydrogen-bond donors (Lipinski definition) is 1. The van der Waals surface area contributed by atoms with Crippen LogP contribution in [0.25, 0.3) is 0 Å². The van der Waals surface area contributed by atoms with Crippen LogP contribution in [0.2, 0.25) is 0 Å². The lowest BCUT2D eigenvalue weighted by molar-refractivity contribution is 0.249. The summed E-state index contributed by atoms with van der Waals surface area (Å²) in [7, 11) is 0. The normalized spacial score (nSPS) is 11.1. The Labute approximate surface area is 90.1 Å². The number of nitrogens with one attached hydrogen (secondary N) is 1. The Morgan fingerprint density at radius 3 is 2.21 bits per heavy atom. The van der Waals surface area contributed by atoms with Crippen LogP contribution in [0, 0.1) is 0 Å². The summed E-state index contributed by atoms with van der Waals surface area (Å²) in [6, 6.07) is 0. The Balaban J connectivity index is 3.40. The molecule has 0 aromatic rings. The molecule has 0 aliphatic carbocycles. The molecule has 0 aliphatic heterocycles. The van der Waals surface area contributed by atoms with Gasteiger partial charge in [-0.2, -0.15) is 0 Å². The first kappa shape index (κ1) is 13.9. The fourth-order valence-corrected chi connectivity index (χ4v) is 1.62. The van der Waals surface area contributed by atoms with E-state index in [0.717, 1.165) is 13.2 Å². The molecule has 0 bridgehead atoms. The van der Waals surface area contributed by atoms with Crippen LogP contribution in [0.1, 0.15) is 52.9 Å². The molecule has 0 aromatic heterocycles. The number of rotatable bonds is 10. The van der Waals surface area contributed by atoms with Crippen molar-refractivity contribution in [2.45, 2.75) is 52.9 Å². The maximum atomic E-state index is 3.40. The van der Waals surface area contributed by atoms with Crippen LogP contribution in [-0.2, 0) is 0 Å². The lowest BCUT2D eigenvalue weighted by atomic mass is 10.2. The van der Waals surface area contributed by atoms with Gasteiger partial charge in [-0.15, -0.1) is 0 Å². The van der Waals surface area contributed by atoms with Crippen LogP contribution in [-0.4, -0.2) is 31.2 Å². The van der Waals surface area contributed by atoms with Crippen molar-refractivity contribution in [2.75, 3.05) is 26.3 Å². The highest BCUT2D eigenvalue weighted by Crippen LogP contribution is 2.01. The average molecular weight is 200 g/mol. The Morgan fingerprint density at radius 1 is 0.857 bits per heavy atom. The summed E-state index contributed by atoms with van der Waals surface area (Å²) < 4.78 is 0. The molecule has 0 unspecified atom stereocenters. The average Bonchev–Trinajstić information content (AvgIpc) is 2.20. The fourth-order valence-electron chi connectivity index (χ4n) is 1.62. The zero-order valence-electron chi connectivity index (χ0n) is 10.3. The van der Waals surface area contributed by atoms with Crippen molar-refractivity contribution in [1.29, 1.82) is 0 Å². The van der Waals surface area contributed by atoms with Gasteiger partial charge in [-0.3, -0.25) is 4.90 Å². The molecule has 0 heterocycles. The van der Waals surface area contributed by atoms with Crippen molar-refractivity contribution >= 4 is 0 Å². The molecular weight excluding hydrogens is 172 g/mol. The molecule has 2 nitrogen and oxygen atoms in total. The highest BCUT2D eigenvalue weighted by Gasteiger charge is 2.01. The molecule has 0 rings (SSSR count). The summed E-state index contributed by atoms with van der Waals surface area (Å²) in [4.78, 5) is 2.53.